The number of carbonyl (C=O) groups is 1. The van der Waals surface area contributed by atoms with Crippen molar-refractivity contribution in [2.75, 3.05) is 19.0 Å². The number of ether oxygens (including phenoxy) is 1. The molecule has 0 aromatic rings. The van der Waals surface area contributed by atoms with E-state index in [0.29, 0.717) is 12.6 Å². The second kappa shape index (κ2) is 3.23. The van der Waals surface area contributed by atoms with Crippen LogP contribution in [0.25, 0.3) is 0 Å². The van der Waals surface area contributed by atoms with Crippen LogP contribution < -0.4 is 0 Å². The smallest absolute Gasteiger partial charge is 0.409 e. The van der Waals surface area contributed by atoms with Crippen LogP contribution >= 0.6 is 15.9 Å². The van der Waals surface area contributed by atoms with Crippen LogP contribution in [-0.2, 0) is 4.74 Å². The van der Waals surface area contributed by atoms with Crippen molar-refractivity contribution >= 4 is 22.0 Å². The molecule has 0 aromatic heterocycles. The van der Waals surface area contributed by atoms with Gasteiger partial charge in [0.2, 0.25) is 0 Å². The van der Waals surface area contributed by atoms with E-state index in [0.717, 1.165) is 11.8 Å². The van der Waals surface area contributed by atoms with Crippen LogP contribution in [0.5, 0.6) is 0 Å². The van der Waals surface area contributed by atoms with E-state index in [1.165, 1.54) is 0 Å². The highest BCUT2D eigenvalue weighted by molar-refractivity contribution is 9.09. The van der Waals surface area contributed by atoms with Gasteiger partial charge >= 0.3 is 6.09 Å². The molecule has 0 spiro atoms. The van der Waals surface area contributed by atoms with Gasteiger partial charge in [0.15, 0.2) is 0 Å². The molecule has 0 aliphatic carbocycles. The highest BCUT2D eigenvalue weighted by atomic mass is 79.9. The Kier molecular flexibility index (Phi) is 2.54. The Morgan fingerprint density at radius 1 is 1.90 bits per heavy atom. The van der Waals surface area contributed by atoms with Crippen molar-refractivity contribution in [2.45, 2.75) is 12.5 Å². The molecule has 58 valence electrons. The maximum absolute atomic E-state index is 10.8. The fourth-order valence-corrected chi connectivity index (χ4v) is 1.67. The molecule has 1 saturated heterocycles. The molecule has 1 heterocycles. The van der Waals surface area contributed by atoms with Crippen molar-refractivity contribution in [1.82, 2.24) is 4.90 Å². The number of hydrogen-bond acceptors (Lipinski definition) is 2. The average Bonchev–Trinajstić information content (AvgIpc) is 1.95. The van der Waals surface area contributed by atoms with Crippen molar-refractivity contribution in [3.8, 4) is 0 Å². The zero-order valence-corrected chi connectivity index (χ0v) is 7.43. The highest BCUT2D eigenvalue weighted by Crippen LogP contribution is 2.12. The maximum atomic E-state index is 10.8. The Morgan fingerprint density at radius 3 is 3.10 bits per heavy atom. The molecule has 3 nitrogen and oxygen atoms in total. The third-order valence-corrected chi connectivity index (χ3v) is 2.44. The van der Waals surface area contributed by atoms with Gasteiger partial charge in [0.1, 0.15) is 0 Å². The molecule has 0 saturated carbocycles. The summed E-state index contributed by atoms with van der Waals surface area (Å²) >= 11 is 3.33. The summed E-state index contributed by atoms with van der Waals surface area (Å²) in [7, 11) is 1.76. The van der Waals surface area contributed by atoms with E-state index in [4.69, 9.17) is 4.74 Å². The Labute approximate surface area is 68.5 Å². The van der Waals surface area contributed by atoms with Gasteiger partial charge < -0.3 is 9.64 Å². The molecule has 1 fully saturated rings. The van der Waals surface area contributed by atoms with E-state index < -0.39 is 0 Å². The lowest BCUT2D eigenvalue weighted by atomic mass is 10.2. The summed E-state index contributed by atoms with van der Waals surface area (Å²) in [5.41, 5.74) is 0. The van der Waals surface area contributed by atoms with E-state index in [9.17, 15) is 4.79 Å². The lowest BCUT2D eigenvalue weighted by molar-refractivity contribution is 0.0625. The van der Waals surface area contributed by atoms with Crippen molar-refractivity contribution < 1.29 is 9.53 Å². The molecule has 1 aliphatic rings. The van der Waals surface area contributed by atoms with E-state index in [-0.39, 0.29) is 6.09 Å². The first-order valence-corrected chi connectivity index (χ1v) is 4.33. The number of rotatable bonds is 1. The van der Waals surface area contributed by atoms with Gasteiger partial charge in [-0.3, -0.25) is 0 Å². The molecule has 0 bridgehead atoms. The van der Waals surface area contributed by atoms with Crippen LogP contribution in [0.3, 0.4) is 0 Å². The number of alkyl halides is 1. The molecule has 10 heavy (non-hydrogen) atoms. The molecule has 1 atom stereocenters. The SMILES string of the molecule is CN1C(=O)OCCC1CBr. The summed E-state index contributed by atoms with van der Waals surface area (Å²) in [4.78, 5) is 12.5. The van der Waals surface area contributed by atoms with Gasteiger partial charge in [-0.05, 0) is 0 Å². The monoisotopic (exact) mass is 207 g/mol. The Bertz CT molecular complexity index is 140. The quantitative estimate of drug-likeness (QED) is 0.606. The van der Waals surface area contributed by atoms with Gasteiger partial charge in [0, 0.05) is 24.8 Å². The molecular weight excluding hydrogens is 198 g/mol. The molecule has 0 aromatic carbocycles. The lowest BCUT2D eigenvalue weighted by Crippen LogP contribution is -2.43. The summed E-state index contributed by atoms with van der Waals surface area (Å²) in [5.74, 6) is 0. The van der Waals surface area contributed by atoms with Gasteiger partial charge in [-0.1, -0.05) is 15.9 Å². The second-order valence-electron chi connectivity index (χ2n) is 2.32. The number of cyclic esters (lactones) is 1. The summed E-state index contributed by atoms with van der Waals surface area (Å²) in [6.45, 7) is 0.555. The second-order valence-corrected chi connectivity index (χ2v) is 2.97. The molecule has 0 radical (unpaired) electrons. The molecule has 1 unspecified atom stereocenters. The van der Waals surface area contributed by atoms with Crippen LogP contribution in [-0.4, -0.2) is 36.0 Å². The van der Waals surface area contributed by atoms with Gasteiger partial charge in [-0.2, -0.15) is 0 Å². The lowest BCUT2D eigenvalue weighted by Gasteiger charge is -2.30. The van der Waals surface area contributed by atoms with Gasteiger partial charge in [0.05, 0.1) is 6.61 Å². The van der Waals surface area contributed by atoms with E-state index in [2.05, 4.69) is 15.9 Å². The molecular formula is C6H10BrNO2. The maximum Gasteiger partial charge on any atom is 0.409 e. The first-order chi connectivity index (χ1) is 4.75. The Balaban J connectivity index is 2.51. The molecule has 4 heteroatoms. The van der Waals surface area contributed by atoms with Crippen molar-refractivity contribution in [3.05, 3.63) is 0 Å². The van der Waals surface area contributed by atoms with Gasteiger partial charge in [-0.15, -0.1) is 0 Å². The minimum atomic E-state index is -0.212. The highest BCUT2D eigenvalue weighted by Gasteiger charge is 2.24. The fraction of sp³-hybridized carbons (Fsp3) is 0.833. The number of hydrogen-bond donors (Lipinski definition) is 0. The predicted octanol–water partition coefficient (Wildman–Crippen LogP) is 1.22. The van der Waals surface area contributed by atoms with Gasteiger partial charge in [-0.25, -0.2) is 4.79 Å². The third-order valence-electron chi connectivity index (χ3n) is 1.69. The van der Waals surface area contributed by atoms with Crippen LogP contribution in [0.2, 0.25) is 0 Å². The molecule has 1 rings (SSSR count). The van der Waals surface area contributed by atoms with Crippen LogP contribution in [0.4, 0.5) is 4.79 Å². The summed E-state index contributed by atoms with van der Waals surface area (Å²) in [5, 5.41) is 0.832. The van der Waals surface area contributed by atoms with Crippen LogP contribution in [0.15, 0.2) is 0 Å². The zero-order valence-electron chi connectivity index (χ0n) is 5.84. The first kappa shape index (κ1) is 7.85. The number of amides is 1. The topological polar surface area (TPSA) is 29.5 Å². The zero-order chi connectivity index (χ0) is 7.56. The summed E-state index contributed by atoms with van der Waals surface area (Å²) in [6, 6.07) is 0.307. The Morgan fingerprint density at radius 2 is 2.60 bits per heavy atom. The van der Waals surface area contributed by atoms with Crippen molar-refractivity contribution in [1.29, 1.82) is 0 Å². The normalized spacial score (nSPS) is 26.4. The van der Waals surface area contributed by atoms with Crippen LogP contribution in [0, 0.1) is 0 Å². The molecule has 1 aliphatic heterocycles. The third kappa shape index (κ3) is 1.42. The average molecular weight is 208 g/mol. The Hall–Kier alpha value is -0.250. The van der Waals surface area contributed by atoms with E-state index >= 15 is 0 Å². The van der Waals surface area contributed by atoms with E-state index in [1.54, 1.807) is 11.9 Å². The molecule has 0 N–H and O–H groups in total. The summed E-state index contributed by atoms with van der Waals surface area (Å²) < 4.78 is 4.79. The standard InChI is InChI=1S/C6H10BrNO2/c1-8-5(4-7)2-3-10-6(8)9/h5H,2-4H2,1H3. The van der Waals surface area contributed by atoms with Crippen molar-refractivity contribution in [3.63, 3.8) is 0 Å². The minimum Gasteiger partial charge on any atom is -0.449 e. The van der Waals surface area contributed by atoms with Gasteiger partial charge in [0.25, 0.3) is 0 Å². The number of nitrogens with zero attached hydrogens (tertiary/aromatic N) is 1. The summed E-state index contributed by atoms with van der Waals surface area (Å²) in [6.07, 6.45) is 0.712. The number of carbonyl (C=O) groups excluding carboxylic acids is 1. The minimum absolute atomic E-state index is 0.212. The van der Waals surface area contributed by atoms with Crippen molar-refractivity contribution in [2.24, 2.45) is 0 Å². The van der Waals surface area contributed by atoms with E-state index in [1.807, 2.05) is 0 Å². The largest absolute Gasteiger partial charge is 0.449 e. The number of halogens is 1. The predicted molar refractivity (Wildman–Crippen MR) is 41.3 cm³/mol. The molecule has 1 amide bonds. The fourth-order valence-electron chi connectivity index (χ4n) is 0.907. The van der Waals surface area contributed by atoms with Crippen LogP contribution in [0.1, 0.15) is 6.42 Å². The first-order valence-electron chi connectivity index (χ1n) is 3.21.